The molecule has 8 nitrogen and oxygen atoms in total. The van der Waals surface area contributed by atoms with E-state index >= 15 is 0 Å². The molecule has 1 aromatic rings. The minimum absolute atomic E-state index is 0.131. The van der Waals surface area contributed by atoms with Gasteiger partial charge in [0.05, 0.1) is 28.6 Å². The number of ether oxygens (including phenoxy) is 3. The first kappa shape index (κ1) is 22.3. The van der Waals surface area contributed by atoms with Crippen LogP contribution >= 0.6 is 39.3 Å². The van der Waals surface area contributed by atoms with Gasteiger partial charge in [0.1, 0.15) is 6.04 Å². The summed E-state index contributed by atoms with van der Waals surface area (Å²) in [6.45, 7) is 1.09. The molecule has 1 fully saturated rings. The Morgan fingerprint density at radius 1 is 1.29 bits per heavy atom. The largest absolute Gasteiger partial charge is 0.479 e. The van der Waals surface area contributed by atoms with Crippen LogP contribution in [0.3, 0.4) is 0 Å². The van der Waals surface area contributed by atoms with E-state index in [1.807, 2.05) is 0 Å². The molecule has 2 rings (SSSR count). The van der Waals surface area contributed by atoms with Gasteiger partial charge in [-0.3, -0.25) is 14.5 Å². The summed E-state index contributed by atoms with van der Waals surface area (Å²) in [6, 6.07) is 2.08. The number of benzene rings is 1. The molecule has 0 radical (unpaired) electrons. The lowest BCUT2D eigenvalue weighted by atomic mass is 10.2. The number of rotatable bonds is 6. The average molecular weight is 493 g/mol. The first-order valence-electron chi connectivity index (χ1n) is 7.73. The van der Waals surface area contributed by atoms with Crippen molar-refractivity contribution in [1.29, 1.82) is 0 Å². The van der Waals surface area contributed by atoms with Crippen LogP contribution in [0.15, 0.2) is 21.5 Å². The standard InChI is InChI=1S/C17H15BrClNO7S/c1-8(16(23)26-3)20-15(22)12(28-17(20)24)6-9-4-10(18)14(11(19)5-9)27-7-13(21)25-2/h4-6,8H,7H2,1-3H3/b12-6-/t8-/m0/s1. The lowest BCUT2D eigenvalue weighted by Gasteiger charge is -2.18. The van der Waals surface area contributed by atoms with E-state index in [1.54, 1.807) is 6.07 Å². The molecule has 1 saturated heterocycles. The van der Waals surface area contributed by atoms with Crippen molar-refractivity contribution in [3.05, 3.63) is 32.1 Å². The van der Waals surface area contributed by atoms with Crippen LogP contribution in [-0.4, -0.2) is 54.9 Å². The number of methoxy groups -OCH3 is 2. The van der Waals surface area contributed by atoms with E-state index in [-0.39, 0.29) is 22.3 Å². The fourth-order valence-corrected chi connectivity index (χ4v) is 4.13. The van der Waals surface area contributed by atoms with Gasteiger partial charge in [0, 0.05) is 0 Å². The maximum atomic E-state index is 12.5. The van der Waals surface area contributed by atoms with E-state index in [9.17, 15) is 19.2 Å². The molecule has 1 heterocycles. The van der Waals surface area contributed by atoms with Gasteiger partial charge in [0.25, 0.3) is 11.1 Å². The number of hydrogen-bond acceptors (Lipinski definition) is 8. The van der Waals surface area contributed by atoms with Crippen molar-refractivity contribution in [2.24, 2.45) is 0 Å². The van der Waals surface area contributed by atoms with Crippen molar-refractivity contribution < 1.29 is 33.4 Å². The van der Waals surface area contributed by atoms with Crippen molar-refractivity contribution in [3.63, 3.8) is 0 Å². The summed E-state index contributed by atoms with van der Waals surface area (Å²) >= 11 is 10.2. The minimum Gasteiger partial charge on any atom is -0.479 e. The Morgan fingerprint density at radius 3 is 2.54 bits per heavy atom. The Hall–Kier alpha value is -2.04. The summed E-state index contributed by atoms with van der Waals surface area (Å²) < 4.78 is 14.8. The number of carbonyl (C=O) groups is 4. The Balaban J connectivity index is 2.26. The number of carbonyl (C=O) groups excluding carboxylic acids is 4. The highest BCUT2D eigenvalue weighted by Crippen LogP contribution is 2.38. The zero-order chi connectivity index (χ0) is 21.0. The second-order valence-electron chi connectivity index (χ2n) is 5.43. The second kappa shape index (κ2) is 9.44. The molecule has 0 unspecified atom stereocenters. The van der Waals surface area contributed by atoms with Gasteiger partial charge in [0.2, 0.25) is 0 Å². The molecule has 28 heavy (non-hydrogen) atoms. The molecule has 1 aliphatic rings. The predicted molar refractivity (Wildman–Crippen MR) is 106 cm³/mol. The number of amides is 2. The number of nitrogens with zero attached hydrogens (tertiary/aromatic N) is 1. The van der Waals surface area contributed by atoms with Crippen molar-refractivity contribution >= 4 is 68.5 Å². The van der Waals surface area contributed by atoms with Crippen LogP contribution in [0.4, 0.5) is 4.79 Å². The Bertz CT molecular complexity index is 850. The molecule has 1 atom stereocenters. The Labute approximate surface area is 178 Å². The maximum absolute atomic E-state index is 12.5. The van der Waals surface area contributed by atoms with Crippen LogP contribution in [-0.2, 0) is 23.9 Å². The van der Waals surface area contributed by atoms with E-state index in [4.69, 9.17) is 16.3 Å². The third kappa shape index (κ3) is 4.86. The van der Waals surface area contributed by atoms with Gasteiger partial charge in [-0.15, -0.1) is 0 Å². The van der Waals surface area contributed by atoms with Gasteiger partial charge in [-0.05, 0) is 58.4 Å². The van der Waals surface area contributed by atoms with E-state index in [1.165, 1.54) is 33.3 Å². The van der Waals surface area contributed by atoms with Gasteiger partial charge in [0.15, 0.2) is 12.4 Å². The lowest BCUT2D eigenvalue weighted by Crippen LogP contribution is -2.42. The highest BCUT2D eigenvalue weighted by molar-refractivity contribution is 9.10. The molecule has 150 valence electrons. The molecular weight excluding hydrogens is 478 g/mol. The van der Waals surface area contributed by atoms with Crippen LogP contribution in [0, 0.1) is 0 Å². The van der Waals surface area contributed by atoms with Crippen molar-refractivity contribution in [2.45, 2.75) is 13.0 Å². The third-order valence-electron chi connectivity index (χ3n) is 3.63. The van der Waals surface area contributed by atoms with Crippen molar-refractivity contribution in [3.8, 4) is 5.75 Å². The van der Waals surface area contributed by atoms with Gasteiger partial charge in [-0.25, -0.2) is 9.59 Å². The molecule has 1 aromatic carbocycles. The maximum Gasteiger partial charge on any atom is 0.343 e. The second-order valence-corrected chi connectivity index (χ2v) is 7.68. The van der Waals surface area contributed by atoms with Gasteiger partial charge >= 0.3 is 11.9 Å². The summed E-state index contributed by atoms with van der Waals surface area (Å²) in [6.07, 6.45) is 1.47. The number of esters is 2. The van der Waals surface area contributed by atoms with E-state index in [2.05, 4.69) is 25.4 Å². The third-order valence-corrected chi connectivity index (χ3v) is 5.39. The average Bonchev–Trinajstić information content (AvgIpc) is 2.92. The van der Waals surface area contributed by atoms with Crippen molar-refractivity contribution in [2.75, 3.05) is 20.8 Å². The number of imide groups is 1. The zero-order valence-electron chi connectivity index (χ0n) is 15.0. The highest BCUT2D eigenvalue weighted by atomic mass is 79.9. The number of hydrogen-bond donors (Lipinski definition) is 0. The van der Waals surface area contributed by atoms with Gasteiger partial charge in [-0.1, -0.05) is 11.6 Å². The SMILES string of the molecule is COC(=O)COc1c(Cl)cc(/C=C2\SC(=O)N([C@@H](C)C(=O)OC)C2=O)cc1Br. The van der Waals surface area contributed by atoms with Crippen LogP contribution in [0.2, 0.25) is 5.02 Å². The molecule has 2 amide bonds. The van der Waals surface area contributed by atoms with E-state index < -0.39 is 29.1 Å². The quantitative estimate of drug-likeness (QED) is 0.441. The Morgan fingerprint density at radius 2 is 1.96 bits per heavy atom. The fourth-order valence-electron chi connectivity index (χ4n) is 2.23. The molecule has 0 aliphatic carbocycles. The smallest absolute Gasteiger partial charge is 0.343 e. The van der Waals surface area contributed by atoms with E-state index in [0.29, 0.717) is 21.8 Å². The first-order valence-corrected chi connectivity index (χ1v) is 9.71. The van der Waals surface area contributed by atoms with Crippen LogP contribution < -0.4 is 4.74 Å². The monoisotopic (exact) mass is 491 g/mol. The van der Waals surface area contributed by atoms with Gasteiger partial charge < -0.3 is 14.2 Å². The van der Waals surface area contributed by atoms with Crippen LogP contribution in [0.1, 0.15) is 12.5 Å². The van der Waals surface area contributed by atoms with Gasteiger partial charge in [-0.2, -0.15) is 0 Å². The molecule has 0 aromatic heterocycles. The summed E-state index contributed by atoms with van der Waals surface area (Å²) in [5.74, 6) is -1.63. The number of halogens is 2. The molecular formula is C17H15BrClNO7S. The first-order chi connectivity index (χ1) is 13.2. The topological polar surface area (TPSA) is 99.2 Å². The summed E-state index contributed by atoms with van der Waals surface area (Å²) in [5.41, 5.74) is 0.513. The Kier molecular flexibility index (Phi) is 7.50. The lowest BCUT2D eigenvalue weighted by molar-refractivity contribution is -0.148. The molecule has 0 bridgehead atoms. The van der Waals surface area contributed by atoms with Crippen LogP contribution in [0.5, 0.6) is 5.75 Å². The molecule has 0 spiro atoms. The minimum atomic E-state index is -1.03. The summed E-state index contributed by atoms with van der Waals surface area (Å²) in [4.78, 5) is 48.5. The number of thioether (sulfide) groups is 1. The molecule has 0 saturated carbocycles. The molecule has 0 N–H and O–H groups in total. The van der Waals surface area contributed by atoms with E-state index in [0.717, 1.165) is 4.90 Å². The summed E-state index contributed by atoms with van der Waals surface area (Å²) in [5, 5.41) is -0.385. The fraction of sp³-hybridized carbons (Fsp3) is 0.294. The zero-order valence-corrected chi connectivity index (χ0v) is 18.1. The van der Waals surface area contributed by atoms with Crippen LogP contribution in [0.25, 0.3) is 6.08 Å². The van der Waals surface area contributed by atoms with Crippen molar-refractivity contribution in [1.82, 2.24) is 4.90 Å². The predicted octanol–water partition coefficient (Wildman–Crippen LogP) is 3.25. The molecule has 11 heteroatoms. The normalized spacial score (nSPS) is 16.3. The molecule has 1 aliphatic heterocycles. The highest BCUT2D eigenvalue weighted by Gasteiger charge is 2.41. The summed E-state index contributed by atoms with van der Waals surface area (Å²) in [7, 11) is 2.41.